The highest BCUT2D eigenvalue weighted by molar-refractivity contribution is 8.00. The summed E-state index contributed by atoms with van der Waals surface area (Å²) in [7, 11) is 0. The van der Waals surface area contributed by atoms with Gasteiger partial charge in [-0.05, 0) is 31.0 Å². The molecule has 1 nitrogen and oxygen atoms in total. The van der Waals surface area contributed by atoms with Crippen molar-refractivity contribution in [1.82, 2.24) is 5.32 Å². The minimum Gasteiger partial charge on any atom is -0.310 e. The summed E-state index contributed by atoms with van der Waals surface area (Å²) in [5.41, 5.74) is 1.38. The van der Waals surface area contributed by atoms with E-state index in [0.717, 1.165) is 11.6 Å². The smallest absolute Gasteiger partial charge is 0.0545 e. The van der Waals surface area contributed by atoms with Crippen molar-refractivity contribution in [2.24, 2.45) is 0 Å². The molecule has 0 spiro atoms. The second-order valence-corrected chi connectivity index (χ2v) is 6.18. The number of thioether (sulfide) groups is 1. The van der Waals surface area contributed by atoms with Crippen LogP contribution in [0.25, 0.3) is 0 Å². The number of benzene rings is 1. The Morgan fingerprint density at radius 2 is 2.31 bits per heavy atom. The van der Waals surface area contributed by atoms with Gasteiger partial charge in [-0.15, -0.1) is 11.8 Å². The van der Waals surface area contributed by atoms with Gasteiger partial charge in [0.25, 0.3) is 0 Å². The van der Waals surface area contributed by atoms with E-state index >= 15 is 0 Å². The summed E-state index contributed by atoms with van der Waals surface area (Å²) in [6.45, 7) is 5.55. The Labute approximate surface area is 107 Å². The van der Waals surface area contributed by atoms with Crippen LogP contribution in [0, 0.1) is 0 Å². The van der Waals surface area contributed by atoms with E-state index in [1.807, 2.05) is 17.8 Å². The van der Waals surface area contributed by atoms with E-state index in [-0.39, 0.29) is 0 Å². The molecule has 0 aliphatic carbocycles. The van der Waals surface area contributed by atoms with Gasteiger partial charge in [-0.1, -0.05) is 37.6 Å². The van der Waals surface area contributed by atoms with E-state index in [1.165, 1.54) is 23.3 Å². The van der Waals surface area contributed by atoms with Crippen LogP contribution < -0.4 is 5.32 Å². The summed E-state index contributed by atoms with van der Waals surface area (Å²) >= 11 is 8.16. The van der Waals surface area contributed by atoms with Crippen molar-refractivity contribution < 1.29 is 0 Å². The fourth-order valence-electron chi connectivity index (χ4n) is 2.14. The molecule has 88 valence electrons. The summed E-state index contributed by atoms with van der Waals surface area (Å²) in [4.78, 5) is 1.27. The molecule has 1 aliphatic rings. The fraction of sp³-hybridized carbons (Fsp3) is 0.538. The molecule has 0 amide bonds. The molecule has 1 aromatic carbocycles. The molecule has 3 heteroatoms. The Hall–Kier alpha value is -0.180. The molecule has 0 bridgehead atoms. The quantitative estimate of drug-likeness (QED) is 0.866. The molecule has 1 N–H and O–H groups in total. The first kappa shape index (κ1) is 12.3. The van der Waals surface area contributed by atoms with Crippen LogP contribution in [0.15, 0.2) is 23.1 Å². The first-order valence-corrected chi connectivity index (χ1v) is 7.16. The van der Waals surface area contributed by atoms with Crippen molar-refractivity contribution in [3.63, 3.8) is 0 Å². The van der Waals surface area contributed by atoms with Crippen molar-refractivity contribution >= 4 is 23.4 Å². The molecule has 0 aromatic heterocycles. The third kappa shape index (κ3) is 2.55. The van der Waals surface area contributed by atoms with Crippen LogP contribution in [0.3, 0.4) is 0 Å². The van der Waals surface area contributed by atoms with Crippen LogP contribution >= 0.6 is 23.4 Å². The Bertz CT molecular complexity index is 367. The SMILES string of the molecule is CCCNC1CC(C)Sc2c(Cl)cccc21. The van der Waals surface area contributed by atoms with Gasteiger partial charge in [0.2, 0.25) is 0 Å². The van der Waals surface area contributed by atoms with Crippen molar-refractivity contribution in [3.05, 3.63) is 28.8 Å². The lowest BCUT2D eigenvalue weighted by Crippen LogP contribution is -2.27. The number of rotatable bonds is 3. The monoisotopic (exact) mass is 255 g/mol. The molecule has 16 heavy (non-hydrogen) atoms. The summed E-state index contributed by atoms with van der Waals surface area (Å²) < 4.78 is 0. The van der Waals surface area contributed by atoms with Gasteiger partial charge in [-0.25, -0.2) is 0 Å². The van der Waals surface area contributed by atoms with Gasteiger partial charge in [0.15, 0.2) is 0 Å². The number of fused-ring (bicyclic) bond motifs is 1. The van der Waals surface area contributed by atoms with E-state index < -0.39 is 0 Å². The molecule has 1 heterocycles. The molecular formula is C13H18ClNS. The Morgan fingerprint density at radius 1 is 1.50 bits per heavy atom. The predicted octanol–water partition coefficient (Wildman–Crippen LogP) is 4.27. The maximum atomic E-state index is 6.26. The highest BCUT2D eigenvalue weighted by Crippen LogP contribution is 2.43. The van der Waals surface area contributed by atoms with E-state index in [0.29, 0.717) is 11.3 Å². The van der Waals surface area contributed by atoms with Crippen molar-refractivity contribution in [2.45, 2.75) is 42.9 Å². The molecule has 2 unspecified atom stereocenters. The number of hydrogen-bond acceptors (Lipinski definition) is 2. The molecule has 1 aliphatic heterocycles. The van der Waals surface area contributed by atoms with Gasteiger partial charge in [0.05, 0.1) is 5.02 Å². The predicted molar refractivity (Wildman–Crippen MR) is 72.4 cm³/mol. The average molecular weight is 256 g/mol. The van der Waals surface area contributed by atoms with E-state index in [2.05, 4.69) is 31.3 Å². The summed E-state index contributed by atoms with van der Waals surface area (Å²) in [6.07, 6.45) is 2.37. The van der Waals surface area contributed by atoms with E-state index in [9.17, 15) is 0 Å². The minimum atomic E-state index is 0.477. The Balaban J connectivity index is 2.27. The lowest BCUT2D eigenvalue weighted by Gasteiger charge is -2.30. The van der Waals surface area contributed by atoms with E-state index in [1.54, 1.807) is 0 Å². The van der Waals surface area contributed by atoms with Crippen LogP contribution in [-0.4, -0.2) is 11.8 Å². The van der Waals surface area contributed by atoms with Gasteiger partial charge in [0.1, 0.15) is 0 Å². The summed E-state index contributed by atoms with van der Waals surface area (Å²) in [5.74, 6) is 0. The van der Waals surface area contributed by atoms with E-state index in [4.69, 9.17) is 11.6 Å². The van der Waals surface area contributed by atoms with Gasteiger partial charge >= 0.3 is 0 Å². The molecule has 0 saturated carbocycles. The molecule has 1 aromatic rings. The number of hydrogen-bond donors (Lipinski definition) is 1. The first-order valence-electron chi connectivity index (χ1n) is 5.90. The third-order valence-corrected chi connectivity index (χ3v) is 4.61. The zero-order valence-corrected chi connectivity index (χ0v) is 11.4. The molecule has 2 atom stereocenters. The average Bonchev–Trinajstić information content (AvgIpc) is 2.27. The van der Waals surface area contributed by atoms with Crippen LogP contribution in [0.1, 0.15) is 38.3 Å². The van der Waals surface area contributed by atoms with Crippen molar-refractivity contribution in [1.29, 1.82) is 0 Å². The lowest BCUT2D eigenvalue weighted by molar-refractivity contribution is 0.486. The van der Waals surface area contributed by atoms with Crippen LogP contribution in [0.5, 0.6) is 0 Å². The van der Waals surface area contributed by atoms with Gasteiger partial charge in [-0.3, -0.25) is 0 Å². The van der Waals surface area contributed by atoms with Crippen molar-refractivity contribution in [3.8, 4) is 0 Å². The zero-order valence-electron chi connectivity index (χ0n) is 9.79. The second kappa shape index (κ2) is 5.44. The van der Waals surface area contributed by atoms with Gasteiger partial charge < -0.3 is 5.32 Å². The molecule has 0 fully saturated rings. The van der Waals surface area contributed by atoms with Crippen molar-refractivity contribution in [2.75, 3.05) is 6.54 Å². The first-order chi connectivity index (χ1) is 7.72. The van der Waals surface area contributed by atoms with Gasteiger partial charge in [0, 0.05) is 16.2 Å². The van der Waals surface area contributed by atoms with Crippen LogP contribution in [0.4, 0.5) is 0 Å². The maximum Gasteiger partial charge on any atom is 0.0545 e. The molecular weight excluding hydrogens is 238 g/mol. The minimum absolute atomic E-state index is 0.477. The largest absolute Gasteiger partial charge is 0.310 e. The van der Waals surface area contributed by atoms with Crippen LogP contribution in [-0.2, 0) is 0 Å². The standard InChI is InChI=1S/C13H18ClNS/c1-3-7-15-12-8-9(2)16-13-10(12)5-4-6-11(13)14/h4-6,9,12,15H,3,7-8H2,1-2H3. The molecule has 2 rings (SSSR count). The maximum absolute atomic E-state index is 6.26. The van der Waals surface area contributed by atoms with Gasteiger partial charge in [-0.2, -0.15) is 0 Å². The second-order valence-electron chi connectivity index (χ2n) is 4.33. The normalized spacial score (nSPS) is 24.2. The topological polar surface area (TPSA) is 12.0 Å². The fourth-order valence-corrected chi connectivity index (χ4v) is 3.68. The molecule has 0 radical (unpaired) electrons. The highest BCUT2D eigenvalue weighted by atomic mass is 35.5. The number of nitrogens with one attached hydrogen (secondary N) is 1. The summed E-state index contributed by atoms with van der Waals surface area (Å²) in [5, 5.41) is 5.15. The van der Waals surface area contributed by atoms with Crippen LogP contribution in [0.2, 0.25) is 5.02 Å². The number of halogens is 1. The lowest BCUT2D eigenvalue weighted by atomic mass is 10.0. The summed E-state index contributed by atoms with van der Waals surface area (Å²) in [6, 6.07) is 6.72. The zero-order chi connectivity index (χ0) is 11.5. The Kier molecular flexibility index (Phi) is 4.17. The molecule has 0 saturated heterocycles. The third-order valence-electron chi connectivity index (χ3n) is 2.90. The Morgan fingerprint density at radius 3 is 3.06 bits per heavy atom. The highest BCUT2D eigenvalue weighted by Gasteiger charge is 2.25.